The van der Waals surface area contributed by atoms with Gasteiger partial charge in [-0.05, 0) is 49.8 Å². The summed E-state index contributed by atoms with van der Waals surface area (Å²) in [6.07, 6.45) is 3.01. The van der Waals surface area contributed by atoms with Gasteiger partial charge in [-0.25, -0.2) is 13.6 Å². The Balaban J connectivity index is 2.36. The Morgan fingerprint density at radius 2 is 2.00 bits per heavy atom. The van der Waals surface area contributed by atoms with Crippen molar-refractivity contribution in [2.75, 3.05) is 13.1 Å². The van der Waals surface area contributed by atoms with Crippen molar-refractivity contribution in [1.29, 1.82) is 0 Å². The molecule has 0 bridgehead atoms. The monoisotopic (exact) mass is 310 g/mol. The lowest BCUT2D eigenvalue weighted by Gasteiger charge is -2.22. The topological polar surface area (TPSA) is 80.5 Å². The summed E-state index contributed by atoms with van der Waals surface area (Å²) in [4.78, 5) is 14.5. The van der Waals surface area contributed by atoms with Crippen molar-refractivity contribution < 1.29 is 13.2 Å². The third-order valence-electron chi connectivity index (χ3n) is 3.87. The number of benzene rings is 1. The molecule has 1 saturated carbocycles. The van der Waals surface area contributed by atoms with E-state index in [1.165, 1.54) is 25.0 Å². The van der Waals surface area contributed by atoms with Crippen molar-refractivity contribution in [3.05, 3.63) is 29.3 Å². The van der Waals surface area contributed by atoms with Gasteiger partial charge < -0.3 is 4.90 Å². The number of rotatable bonds is 6. The lowest BCUT2D eigenvalue weighted by atomic mass is 10.0. The molecule has 1 aliphatic rings. The summed E-state index contributed by atoms with van der Waals surface area (Å²) in [5.41, 5.74) is 1.30. The molecule has 1 aromatic carbocycles. The van der Waals surface area contributed by atoms with Crippen LogP contribution in [-0.2, 0) is 16.4 Å². The molecule has 1 aromatic rings. The first kappa shape index (κ1) is 16.0. The highest BCUT2D eigenvalue weighted by Crippen LogP contribution is 2.30. The molecule has 0 aromatic heterocycles. The number of carbonyl (C=O) groups is 1. The highest BCUT2D eigenvalue weighted by atomic mass is 32.2. The van der Waals surface area contributed by atoms with Gasteiger partial charge in [0.05, 0.1) is 4.90 Å². The Bertz CT molecular complexity index is 636. The molecule has 2 N–H and O–H groups in total. The first-order chi connectivity index (χ1) is 9.86. The van der Waals surface area contributed by atoms with E-state index in [0.29, 0.717) is 24.4 Å². The number of amides is 1. The van der Waals surface area contributed by atoms with Crippen molar-refractivity contribution in [2.24, 2.45) is 11.1 Å². The number of hydrogen-bond donors (Lipinski definition) is 1. The van der Waals surface area contributed by atoms with Gasteiger partial charge in [0.2, 0.25) is 10.0 Å². The van der Waals surface area contributed by atoms with Crippen LogP contribution >= 0.6 is 0 Å². The molecule has 0 atom stereocenters. The molecule has 0 unspecified atom stereocenters. The Kier molecular flexibility index (Phi) is 4.68. The van der Waals surface area contributed by atoms with Gasteiger partial charge in [-0.1, -0.05) is 13.0 Å². The lowest BCUT2D eigenvalue weighted by molar-refractivity contribution is 0.0755. The summed E-state index contributed by atoms with van der Waals surface area (Å²) in [5, 5.41) is 5.16. The standard InChI is InChI=1S/C15H22N2O3S/c1-3-12-7-8-13(21(16,19)20)9-14(12)15(18)17(4-2)10-11-5-6-11/h7-9,11H,3-6,10H2,1-2H3,(H2,16,19,20). The van der Waals surface area contributed by atoms with Crippen molar-refractivity contribution in [3.63, 3.8) is 0 Å². The molecule has 1 aliphatic carbocycles. The molecule has 0 saturated heterocycles. The number of nitrogens with zero attached hydrogens (tertiary/aromatic N) is 1. The zero-order chi connectivity index (χ0) is 15.6. The maximum Gasteiger partial charge on any atom is 0.254 e. The minimum atomic E-state index is -3.80. The molecular weight excluding hydrogens is 288 g/mol. The molecule has 21 heavy (non-hydrogen) atoms. The van der Waals surface area contributed by atoms with E-state index in [2.05, 4.69) is 0 Å². The Morgan fingerprint density at radius 1 is 1.33 bits per heavy atom. The number of aryl methyl sites for hydroxylation is 1. The molecule has 1 fully saturated rings. The summed E-state index contributed by atoms with van der Waals surface area (Å²) in [5.74, 6) is 0.493. The maximum atomic E-state index is 12.7. The normalized spacial score (nSPS) is 15.0. The third kappa shape index (κ3) is 3.83. The molecule has 1 amide bonds. The van der Waals surface area contributed by atoms with Gasteiger partial charge in [-0.2, -0.15) is 0 Å². The number of hydrogen-bond acceptors (Lipinski definition) is 3. The van der Waals surface area contributed by atoms with E-state index in [9.17, 15) is 13.2 Å². The fraction of sp³-hybridized carbons (Fsp3) is 0.533. The molecule has 2 rings (SSSR count). The van der Waals surface area contributed by atoms with E-state index >= 15 is 0 Å². The average molecular weight is 310 g/mol. The molecule has 6 heteroatoms. The highest BCUT2D eigenvalue weighted by molar-refractivity contribution is 7.89. The molecule has 0 aliphatic heterocycles. The van der Waals surface area contributed by atoms with Crippen LogP contribution in [0.4, 0.5) is 0 Å². The van der Waals surface area contributed by atoms with E-state index < -0.39 is 10.0 Å². The summed E-state index contributed by atoms with van der Waals surface area (Å²) in [6, 6.07) is 4.55. The van der Waals surface area contributed by atoms with Crippen LogP contribution in [0.1, 0.15) is 42.6 Å². The number of sulfonamides is 1. The second kappa shape index (κ2) is 6.15. The number of primary sulfonamides is 1. The summed E-state index contributed by atoms with van der Waals surface area (Å²) in [6.45, 7) is 5.26. The summed E-state index contributed by atoms with van der Waals surface area (Å²) in [7, 11) is -3.80. The van der Waals surface area contributed by atoms with Gasteiger partial charge in [0, 0.05) is 18.7 Å². The van der Waals surface area contributed by atoms with Crippen molar-refractivity contribution in [2.45, 2.75) is 38.0 Å². The second-order valence-corrected chi connectivity index (χ2v) is 7.07. The van der Waals surface area contributed by atoms with Crippen LogP contribution in [0.5, 0.6) is 0 Å². The first-order valence-corrected chi connectivity index (χ1v) is 8.86. The average Bonchev–Trinajstić information content (AvgIpc) is 3.26. The summed E-state index contributed by atoms with van der Waals surface area (Å²) < 4.78 is 23.0. The van der Waals surface area contributed by atoms with Crippen LogP contribution in [0.2, 0.25) is 0 Å². The van der Waals surface area contributed by atoms with E-state index in [-0.39, 0.29) is 10.8 Å². The van der Waals surface area contributed by atoms with Gasteiger partial charge in [0.25, 0.3) is 5.91 Å². The molecule has 5 nitrogen and oxygen atoms in total. The largest absolute Gasteiger partial charge is 0.339 e. The highest BCUT2D eigenvalue weighted by Gasteiger charge is 2.27. The van der Waals surface area contributed by atoms with E-state index in [0.717, 1.165) is 12.1 Å². The fourth-order valence-electron chi connectivity index (χ4n) is 2.38. The zero-order valence-corrected chi connectivity index (χ0v) is 13.3. The third-order valence-corrected chi connectivity index (χ3v) is 4.78. The van der Waals surface area contributed by atoms with Crippen LogP contribution in [0.25, 0.3) is 0 Å². The van der Waals surface area contributed by atoms with Crippen LogP contribution in [0.3, 0.4) is 0 Å². The molecule has 0 spiro atoms. The van der Waals surface area contributed by atoms with Gasteiger partial charge >= 0.3 is 0 Å². The smallest absolute Gasteiger partial charge is 0.254 e. The minimum absolute atomic E-state index is 0.00877. The van der Waals surface area contributed by atoms with Gasteiger partial charge in [0.15, 0.2) is 0 Å². The van der Waals surface area contributed by atoms with Crippen molar-refractivity contribution >= 4 is 15.9 Å². The number of carbonyl (C=O) groups excluding carboxylic acids is 1. The fourth-order valence-corrected chi connectivity index (χ4v) is 2.92. The maximum absolute atomic E-state index is 12.7. The second-order valence-electron chi connectivity index (χ2n) is 5.50. The Labute approximate surface area is 126 Å². The van der Waals surface area contributed by atoms with E-state index in [4.69, 9.17) is 5.14 Å². The van der Waals surface area contributed by atoms with Crippen LogP contribution in [0.15, 0.2) is 23.1 Å². The van der Waals surface area contributed by atoms with Crippen molar-refractivity contribution in [1.82, 2.24) is 4.90 Å². The number of nitrogens with two attached hydrogens (primary N) is 1. The van der Waals surface area contributed by atoms with Crippen LogP contribution < -0.4 is 5.14 Å². The van der Waals surface area contributed by atoms with Gasteiger partial charge in [-0.15, -0.1) is 0 Å². The zero-order valence-electron chi connectivity index (χ0n) is 12.5. The summed E-state index contributed by atoms with van der Waals surface area (Å²) >= 11 is 0. The molecular formula is C15H22N2O3S. The SMILES string of the molecule is CCc1ccc(S(N)(=O)=O)cc1C(=O)N(CC)CC1CC1. The first-order valence-electron chi connectivity index (χ1n) is 7.31. The van der Waals surface area contributed by atoms with Gasteiger partial charge in [-0.3, -0.25) is 4.79 Å². The Morgan fingerprint density at radius 3 is 2.48 bits per heavy atom. The minimum Gasteiger partial charge on any atom is -0.339 e. The predicted octanol–water partition coefficient (Wildman–Crippen LogP) is 1.77. The molecule has 0 heterocycles. The molecule has 116 valence electrons. The van der Waals surface area contributed by atoms with Crippen LogP contribution in [0, 0.1) is 5.92 Å². The van der Waals surface area contributed by atoms with E-state index in [1.54, 1.807) is 11.0 Å². The lowest BCUT2D eigenvalue weighted by Crippen LogP contribution is -2.33. The van der Waals surface area contributed by atoms with Crippen LogP contribution in [-0.4, -0.2) is 32.3 Å². The Hall–Kier alpha value is -1.40. The van der Waals surface area contributed by atoms with Gasteiger partial charge in [0.1, 0.15) is 0 Å². The molecule has 0 radical (unpaired) electrons. The predicted molar refractivity (Wildman–Crippen MR) is 81.5 cm³/mol. The van der Waals surface area contributed by atoms with E-state index in [1.807, 2.05) is 13.8 Å². The van der Waals surface area contributed by atoms with Crippen molar-refractivity contribution in [3.8, 4) is 0 Å². The quantitative estimate of drug-likeness (QED) is 0.869.